The van der Waals surface area contributed by atoms with Gasteiger partial charge in [-0.1, -0.05) is 23.2 Å². The number of benzene rings is 1. The first-order chi connectivity index (χ1) is 8.69. The Morgan fingerprint density at radius 1 is 1.16 bits per heavy atom. The van der Waals surface area contributed by atoms with E-state index < -0.39 is 33.2 Å². The van der Waals surface area contributed by atoms with Crippen molar-refractivity contribution < 1.29 is 23.1 Å². The molecule has 6 nitrogen and oxygen atoms in total. The second kappa shape index (κ2) is 6.23. The number of rotatable bonds is 5. The first-order valence-electron chi connectivity index (χ1n) is 4.87. The molecule has 19 heavy (non-hydrogen) atoms. The number of carbonyl (C=O) groups is 2. The Hall–Kier alpha value is -1.31. The van der Waals surface area contributed by atoms with Crippen LogP contribution in [0.5, 0.6) is 0 Å². The predicted molar refractivity (Wildman–Crippen MR) is 71.4 cm³/mol. The van der Waals surface area contributed by atoms with Gasteiger partial charge in [0.2, 0.25) is 5.91 Å². The van der Waals surface area contributed by atoms with Gasteiger partial charge in [0.1, 0.15) is 11.5 Å². The maximum Gasteiger partial charge on any atom is 0.318 e. The van der Waals surface area contributed by atoms with Crippen LogP contribution in [0.1, 0.15) is 0 Å². The highest BCUT2D eigenvalue weighted by atomic mass is 35.5. The minimum atomic E-state index is -3.99. The summed E-state index contributed by atoms with van der Waals surface area (Å²) in [4.78, 5) is 21.7. The van der Waals surface area contributed by atoms with E-state index in [9.17, 15) is 18.0 Å². The third-order valence-corrected chi connectivity index (χ3v) is 4.03. The van der Waals surface area contributed by atoms with E-state index in [0.29, 0.717) is 0 Å². The van der Waals surface area contributed by atoms with E-state index in [1.807, 2.05) is 0 Å². The van der Waals surface area contributed by atoms with Crippen LogP contribution in [0.3, 0.4) is 0 Å². The third kappa shape index (κ3) is 5.46. The molecular weight excluding hydrogens is 317 g/mol. The van der Waals surface area contributed by atoms with Crippen LogP contribution in [0.25, 0.3) is 0 Å². The Kier molecular flexibility index (Phi) is 5.16. The Morgan fingerprint density at radius 3 is 2.32 bits per heavy atom. The van der Waals surface area contributed by atoms with Crippen molar-refractivity contribution in [2.75, 3.05) is 16.8 Å². The lowest BCUT2D eigenvalue weighted by molar-refractivity contribution is -0.134. The molecule has 104 valence electrons. The average molecular weight is 326 g/mol. The van der Waals surface area contributed by atoms with Crippen molar-refractivity contribution in [1.29, 1.82) is 0 Å². The lowest BCUT2D eigenvalue weighted by Gasteiger charge is -2.06. The molecule has 0 aliphatic rings. The van der Waals surface area contributed by atoms with Crippen LogP contribution in [0.4, 0.5) is 5.69 Å². The molecule has 0 bridgehead atoms. The molecule has 0 aliphatic carbocycles. The van der Waals surface area contributed by atoms with Crippen LogP contribution in [0, 0.1) is 0 Å². The van der Waals surface area contributed by atoms with Gasteiger partial charge in [-0.05, 0) is 18.2 Å². The fourth-order valence-corrected chi connectivity index (χ4v) is 2.46. The molecular formula is C10H9Cl2NO5S. The average Bonchev–Trinajstić information content (AvgIpc) is 2.20. The van der Waals surface area contributed by atoms with E-state index in [1.165, 1.54) is 18.2 Å². The lowest BCUT2D eigenvalue weighted by Crippen LogP contribution is -2.27. The number of amides is 1. The Morgan fingerprint density at radius 2 is 1.79 bits per heavy atom. The van der Waals surface area contributed by atoms with Gasteiger partial charge in [0, 0.05) is 5.69 Å². The number of carbonyl (C=O) groups excluding carboxylic acids is 1. The highest BCUT2D eigenvalue weighted by molar-refractivity contribution is 7.92. The topological polar surface area (TPSA) is 101 Å². The second-order valence-electron chi connectivity index (χ2n) is 3.60. The lowest BCUT2D eigenvalue weighted by atomic mass is 10.3. The van der Waals surface area contributed by atoms with Gasteiger partial charge in [0.15, 0.2) is 9.84 Å². The summed E-state index contributed by atoms with van der Waals surface area (Å²) in [6.45, 7) is 0. The minimum absolute atomic E-state index is 0.202. The van der Waals surface area contributed by atoms with Crippen LogP contribution in [-0.2, 0) is 19.4 Å². The summed E-state index contributed by atoms with van der Waals surface area (Å²) in [6.07, 6.45) is 0. The number of nitrogens with one attached hydrogen (secondary N) is 1. The van der Waals surface area contributed by atoms with Crippen LogP contribution >= 0.6 is 23.2 Å². The van der Waals surface area contributed by atoms with Gasteiger partial charge in [-0.25, -0.2) is 8.42 Å². The van der Waals surface area contributed by atoms with Crippen molar-refractivity contribution in [1.82, 2.24) is 0 Å². The van der Waals surface area contributed by atoms with Crippen molar-refractivity contribution in [2.24, 2.45) is 0 Å². The molecule has 2 N–H and O–H groups in total. The summed E-state index contributed by atoms with van der Waals surface area (Å²) in [6, 6.07) is 4.23. The largest absolute Gasteiger partial charge is 0.480 e. The monoisotopic (exact) mass is 325 g/mol. The molecule has 0 fully saturated rings. The minimum Gasteiger partial charge on any atom is -0.480 e. The fourth-order valence-electron chi connectivity index (χ4n) is 1.21. The van der Waals surface area contributed by atoms with Crippen molar-refractivity contribution in [2.45, 2.75) is 0 Å². The van der Waals surface area contributed by atoms with E-state index in [4.69, 9.17) is 28.3 Å². The molecule has 0 atom stereocenters. The molecule has 0 saturated heterocycles. The van der Waals surface area contributed by atoms with E-state index in [2.05, 4.69) is 5.32 Å². The van der Waals surface area contributed by atoms with E-state index in [1.54, 1.807) is 0 Å². The van der Waals surface area contributed by atoms with Gasteiger partial charge in [-0.3, -0.25) is 9.59 Å². The van der Waals surface area contributed by atoms with E-state index in [0.717, 1.165) is 0 Å². The van der Waals surface area contributed by atoms with Crippen LogP contribution in [0.2, 0.25) is 10.0 Å². The molecule has 0 aliphatic heterocycles. The van der Waals surface area contributed by atoms with E-state index in [-0.39, 0.29) is 15.7 Å². The Labute approximate surface area is 119 Å². The van der Waals surface area contributed by atoms with Crippen molar-refractivity contribution in [3.05, 3.63) is 28.2 Å². The zero-order valence-corrected chi connectivity index (χ0v) is 11.7. The third-order valence-electron chi connectivity index (χ3n) is 1.90. The summed E-state index contributed by atoms with van der Waals surface area (Å²) in [5.74, 6) is -4.37. The number of halogens is 2. The fraction of sp³-hybridized carbons (Fsp3) is 0.200. The SMILES string of the molecule is O=C(O)CS(=O)(=O)CC(=O)Nc1ccc(Cl)c(Cl)c1. The highest BCUT2D eigenvalue weighted by Gasteiger charge is 2.20. The number of aliphatic carboxylic acids is 1. The zero-order valence-electron chi connectivity index (χ0n) is 9.39. The molecule has 1 amide bonds. The summed E-state index contributed by atoms with van der Waals surface area (Å²) in [5.41, 5.74) is 0.268. The van der Waals surface area contributed by atoms with Gasteiger partial charge >= 0.3 is 5.97 Å². The maximum absolute atomic E-state index is 11.4. The molecule has 0 spiro atoms. The van der Waals surface area contributed by atoms with Crippen LogP contribution in [0.15, 0.2) is 18.2 Å². The summed E-state index contributed by atoms with van der Waals surface area (Å²) >= 11 is 11.4. The van der Waals surface area contributed by atoms with E-state index >= 15 is 0 Å². The first kappa shape index (κ1) is 15.7. The number of carboxylic acids is 1. The van der Waals surface area contributed by atoms with Crippen molar-refractivity contribution >= 4 is 50.6 Å². The second-order valence-corrected chi connectivity index (χ2v) is 6.48. The molecule has 9 heteroatoms. The molecule has 0 saturated carbocycles. The molecule has 1 aromatic carbocycles. The number of sulfone groups is 1. The maximum atomic E-state index is 11.4. The summed E-state index contributed by atoms with van der Waals surface area (Å²) < 4.78 is 22.5. The Balaban J connectivity index is 2.70. The molecule has 0 unspecified atom stereocenters. The molecule has 0 aromatic heterocycles. The smallest absolute Gasteiger partial charge is 0.318 e. The molecule has 1 rings (SSSR count). The molecule has 0 heterocycles. The van der Waals surface area contributed by atoms with Crippen molar-refractivity contribution in [3.63, 3.8) is 0 Å². The number of carboxylic acid groups (broad SMARTS) is 1. The Bertz CT molecular complexity index is 614. The first-order valence-corrected chi connectivity index (χ1v) is 7.44. The predicted octanol–water partition coefficient (Wildman–Crippen LogP) is 1.43. The van der Waals surface area contributed by atoms with Crippen LogP contribution in [-0.4, -0.2) is 36.9 Å². The summed E-state index contributed by atoms with van der Waals surface area (Å²) in [5, 5.41) is 11.2. The summed E-state index contributed by atoms with van der Waals surface area (Å²) in [7, 11) is -3.99. The number of hydrogen-bond acceptors (Lipinski definition) is 4. The van der Waals surface area contributed by atoms with Crippen molar-refractivity contribution in [3.8, 4) is 0 Å². The van der Waals surface area contributed by atoms with Gasteiger partial charge in [-0.2, -0.15) is 0 Å². The zero-order chi connectivity index (χ0) is 14.6. The highest BCUT2D eigenvalue weighted by Crippen LogP contribution is 2.24. The van der Waals surface area contributed by atoms with Gasteiger partial charge in [0.25, 0.3) is 0 Å². The number of anilines is 1. The molecule has 1 aromatic rings. The standard InChI is InChI=1S/C10H9Cl2NO5S/c11-7-2-1-6(3-8(7)12)13-9(14)4-19(17,18)5-10(15)16/h1-3H,4-5H2,(H,13,14)(H,15,16). The van der Waals surface area contributed by atoms with Gasteiger partial charge in [0.05, 0.1) is 10.0 Å². The number of hydrogen-bond donors (Lipinski definition) is 2. The van der Waals surface area contributed by atoms with Gasteiger partial charge in [-0.15, -0.1) is 0 Å². The van der Waals surface area contributed by atoms with Crippen LogP contribution < -0.4 is 5.32 Å². The van der Waals surface area contributed by atoms with Gasteiger partial charge < -0.3 is 10.4 Å². The quantitative estimate of drug-likeness (QED) is 0.852. The molecule has 0 radical (unpaired) electrons. The normalized spacial score (nSPS) is 11.1.